The maximum Gasteiger partial charge on any atom is 0.272 e. The largest absolute Gasteiger partial charge is 0.272 e. The second-order valence-corrected chi connectivity index (χ2v) is 8.17. The second-order valence-electron chi connectivity index (χ2n) is 7.74. The number of nitrogens with one attached hydrogen (secondary N) is 1. The van der Waals surface area contributed by atoms with Crippen LogP contribution in [0.1, 0.15) is 59.5 Å². The van der Waals surface area contributed by atoms with Gasteiger partial charge < -0.3 is 0 Å². The van der Waals surface area contributed by atoms with E-state index >= 15 is 0 Å². The van der Waals surface area contributed by atoms with Crippen LogP contribution in [-0.2, 0) is 5.92 Å². The van der Waals surface area contributed by atoms with Crippen molar-refractivity contribution in [2.75, 3.05) is 0 Å². The van der Waals surface area contributed by atoms with E-state index in [9.17, 15) is 18.4 Å². The third-order valence-corrected chi connectivity index (χ3v) is 4.25. The Morgan fingerprint density at radius 1 is 0.964 bits per heavy atom. The minimum absolute atomic E-state index is 0.164. The minimum atomic E-state index is -2.99. The van der Waals surface area contributed by atoms with Crippen LogP contribution >= 0.6 is 11.6 Å². The molecular weight excluding hydrogens is 386 g/mol. The maximum absolute atomic E-state index is 13.3. The highest BCUT2D eigenvalue weighted by atomic mass is 35.5. The molecule has 0 unspecified atom stereocenters. The van der Waals surface area contributed by atoms with Gasteiger partial charge in [-0.15, -0.1) is 0 Å². The van der Waals surface area contributed by atoms with Crippen LogP contribution in [0.5, 0.6) is 0 Å². The van der Waals surface area contributed by atoms with Crippen molar-refractivity contribution in [3.05, 3.63) is 69.7 Å². The predicted molar refractivity (Wildman–Crippen MR) is 106 cm³/mol. The number of nitrogens with zero attached hydrogens (tertiary/aromatic N) is 1. The third-order valence-electron chi connectivity index (χ3n) is 4.03. The number of hydrazine groups is 1. The molecule has 2 rings (SSSR count). The summed E-state index contributed by atoms with van der Waals surface area (Å²) < 4.78 is 26.7. The Bertz CT molecular complexity index is 865. The van der Waals surface area contributed by atoms with Crippen LogP contribution in [-0.4, -0.2) is 22.4 Å². The lowest BCUT2D eigenvalue weighted by molar-refractivity contribution is 0.0174. The van der Waals surface area contributed by atoms with Gasteiger partial charge in [-0.25, -0.2) is 13.8 Å². The predicted octanol–water partition coefficient (Wildman–Crippen LogP) is 5.35. The zero-order chi connectivity index (χ0) is 21.3. The first kappa shape index (κ1) is 21.8. The maximum atomic E-state index is 13.3. The van der Waals surface area contributed by atoms with Gasteiger partial charge in [0.15, 0.2) is 0 Å². The van der Waals surface area contributed by atoms with Gasteiger partial charge in [0.25, 0.3) is 17.7 Å². The van der Waals surface area contributed by atoms with Crippen molar-refractivity contribution in [1.29, 1.82) is 0 Å². The fourth-order valence-electron chi connectivity index (χ4n) is 2.59. The molecule has 2 amide bonds. The van der Waals surface area contributed by atoms with Crippen LogP contribution in [0.3, 0.4) is 0 Å². The van der Waals surface area contributed by atoms with Crippen molar-refractivity contribution in [3.8, 4) is 0 Å². The number of hydrogen-bond donors (Lipinski definition) is 1. The highest BCUT2D eigenvalue weighted by Crippen LogP contribution is 2.27. The highest BCUT2D eigenvalue weighted by Gasteiger charge is 2.30. The number of benzene rings is 2. The molecule has 2 aromatic rings. The lowest BCUT2D eigenvalue weighted by Gasteiger charge is -2.35. The molecule has 2 aromatic carbocycles. The van der Waals surface area contributed by atoms with Gasteiger partial charge in [-0.05, 0) is 63.6 Å². The molecule has 150 valence electrons. The van der Waals surface area contributed by atoms with Crippen LogP contribution in [0.15, 0.2) is 42.5 Å². The average molecular weight is 409 g/mol. The van der Waals surface area contributed by atoms with E-state index in [1.54, 1.807) is 32.9 Å². The molecule has 0 aromatic heterocycles. The van der Waals surface area contributed by atoms with Crippen molar-refractivity contribution in [2.45, 2.75) is 46.1 Å². The summed E-state index contributed by atoms with van der Waals surface area (Å²) in [6.45, 7) is 7.90. The first-order valence-electron chi connectivity index (χ1n) is 8.70. The molecule has 0 aliphatic carbocycles. The number of amides is 2. The third kappa shape index (κ3) is 5.29. The number of carbonyl (C=O) groups excluding carboxylic acids is 2. The van der Waals surface area contributed by atoms with Gasteiger partial charge in [0.05, 0.1) is 5.54 Å². The summed E-state index contributed by atoms with van der Waals surface area (Å²) in [5, 5.41) is 1.63. The molecule has 0 aliphatic heterocycles. The van der Waals surface area contributed by atoms with Crippen LogP contribution in [0.25, 0.3) is 0 Å². The van der Waals surface area contributed by atoms with E-state index in [0.29, 0.717) is 10.6 Å². The van der Waals surface area contributed by atoms with E-state index in [-0.39, 0.29) is 11.1 Å². The SMILES string of the molecule is Cc1cc(Cl)cc(C(=O)N(NC(=O)c2ccc(C(C)(F)F)cc2)C(C)(C)C)c1. The van der Waals surface area contributed by atoms with E-state index in [2.05, 4.69) is 5.43 Å². The molecule has 28 heavy (non-hydrogen) atoms. The Kier molecular flexibility index (Phi) is 6.14. The molecule has 0 saturated carbocycles. The molecule has 4 nitrogen and oxygen atoms in total. The zero-order valence-electron chi connectivity index (χ0n) is 16.4. The van der Waals surface area contributed by atoms with Crippen molar-refractivity contribution < 1.29 is 18.4 Å². The summed E-state index contributed by atoms with van der Waals surface area (Å²) in [6.07, 6.45) is 0. The number of alkyl halides is 2. The average Bonchev–Trinajstić information content (AvgIpc) is 2.56. The van der Waals surface area contributed by atoms with Crippen molar-refractivity contribution >= 4 is 23.4 Å². The van der Waals surface area contributed by atoms with Gasteiger partial charge >= 0.3 is 0 Å². The Labute approximate surface area is 168 Å². The summed E-state index contributed by atoms with van der Waals surface area (Å²) in [6, 6.07) is 9.92. The Morgan fingerprint density at radius 3 is 2.00 bits per heavy atom. The summed E-state index contributed by atoms with van der Waals surface area (Å²) in [5.41, 5.74) is 2.96. The molecule has 0 saturated heterocycles. The quantitative estimate of drug-likeness (QED) is 0.696. The fourth-order valence-corrected chi connectivity index (χ4v) is 2.88. The molecule has 0 fully saturated rings. The van der Waals surface area contributed by atoms with Crippen LogP contribution in [0.4, 0.5) is 8.78 Å². The van der Waals surface area contributed by atoms with Crippen LogP contribution in [0.2, 0.25) is 5.02 Å². The van der Waals surface area contributed by atoms with E-state index in [1.165, 1.54) is 35.3 Å². The number of halogens is 3. The van der Waals surface area contributed by atoms with E-state index in [1.807, 2.05) is 6.92 Å². The van der Waals surface area contributed by atoms with Crippen LogP contribution < -0.4 is 5.43 Å². The second kappa shape index (κ2) is 7.87. The number of aryl methyl sites for hydroxylation is 1. The first-order chi connectivity index (χ1) is 12.8. The minimum Gasteiger partial charge on any atom is -0.267 e. The summed E-state index contributed by atoms with van der Waals surface area (Å²) in [5.74, 6) is -4.00. The Hall–Kier alpha value is -2.47. The zero-order valence-corrected chi connectivity index (χ0v) is 17.2. The lowest BCUT2D eigenvalue weighted by Crippen LogP contribution is -2.55. The summed E-state index contributed by atoms with van der Waals surface area (Å²) in [4.78, 5) is 25.6. The van der Waals surface area contributed by atoms with E-state index in [0.717, 1.165) is 12.5 Å². The molecule has 1 N–H and O–H groups in total. The first-order valence-corrected chi connectivity index (χ1v) is 9.08. The van der Waals surface area contributed by atoms with E-state index in [4.69, 9.17) is 11.6 Å². The lowest BCUT2D eigenvalue weighted by atomic mass is 10.0. The Balaban J connectivity index is 2.29. The topological polar surface area (TPSA) is 49.4 Å². The fraction of sp³-hybridized carbons (Fsp3) is 0.333. The van der Waals surface area contributed by atoms with Gasteiger partial charge in [0.1, 0.15) is 0 Å². The standard InChI is InChI=1S/C21H23ClF2N2O2/c1-13-10-15(12-17(22)11-13)19(28)26(20(2,3)4)25-18(27)14-6-8-16(9-7-14)21(5,23)24/h6-12H,1-5H3,(H,25,27). The molecule has 0 radical (unpaired) electrons. The van der Waals surface area contributed by atoms with Gasteiger partial charge in [-0.1, -0.05) is 23.7 Å². The van der Waals surface area contributed by atoms with Gasteiger partial charge in [0.2, 0.25) is 0 Å². The van der Waals surface area contributed by atoms with E-state index < -0.39 is 23.3 Å². The normalized spacial score (nSPS) is 11.9. The number of carbonyl (C=O) groups is 2. The van der Waals surface area contributed by atoms with Gasteiger partial charge in [-0.2, -0.15) is 0 Å². The van der Waals surface area contributed by atoms with Crippen molar-refractivity contribution in [1.82, 2.24) is 10.4 Å². The van der Waals surface area contributed by atoms with Crippen molar-refractivity contribution in [2.24, 2.45) is 0 Å². The van der Waals surface area contributed by atoms with Crippen molar-refractivity contribution in [3.63, 3.8) is 0 Å². The highest BCUT2D eigenvalue weighted by molar-refractivity contribution is 6.31. The smallest absolute Gasteiger partial charge is 0.267 e. The number of hydrogen-bond acceptors (Lipinski definition) is 2. The molecule has 0 aliphatic rings. The van der Waals surface area contributed by atoms with Gasteiger partial charge in [-0.3, -0.25) is 15.0 Å². The molecule has 0 bridgehead atoms. The summed E-state index contributed by atoms with van der Waals surface area (Å²) >= 11 is 6.05. The Morgan fingerprint density at radius 2 is 1.54 bits per heavy atom. The monoisotopic (exact) mass is 408 g/mol. The van der Waals surface area contributed by atoms with Gasteiger partial charge in [0, 0.05) is 28.6 Å². The molecule has 0 atom stereocenters. The molecule has 0 spiro atoms. The van der Waals surface area contributed by atoms with Crippen LogP contribution in [0, 0.1) is 6.92 Å². The summed E-state index contributed by atoms with van der Waals surface area (Å²) in [7, 11) is 0. The molecular formula is C21H23ClF2N2O2. The molecule has 7 heteroatoms. The number of rotatable bonds is 3. The molecule has 0 heterocycles.